The summed E-state index contributed by atoms with van der Waals surface area (Å²) in [5, 5.41) is 0. The molecular weight excluding hydrogens is 300 g/mol. The summed E-state index contributed by atoms with van der Waals surface area (Å²) in [4.78, 5) is 37.1. The Morgan fingerprint density at radius 3 is 2.74 bits per heavy atom. The number of allylic oxidation sites excluding steroid dienone is 2. The maximum atomic E-state index is 12.2. The maximum Gasteiger partial charge on any atom is 0.330 e. The molecule has 1 aliphatic carbocycles. The van der Waals surface area contributed by atoms with Gasteiger partial charge in [-0.05, 0) is 25.7 Å². The molecule has 0 unspecified atom stereocenters. The van der Waals surface area contributed by atoms with Crippen LogP contribution in [0.5, 0.6) is 0 Å². The maximum absolute atomic E-state index is 12.2. The lowest BCUT2D eigenvalue weighted by molar-refractivity contribution is -0.146. The van der Waals surface area contributed by atoms with Crippen molar-refractivity contribution in [1.82, 2.24) is 9.55 Å². The van der Waals surface area contributed by atoms with Crippen LogP contribution in [0, 0.1) is 18.8 Å². The van der Waals surface area contributed by atoms with Crippen LogP contribution in [0.3, 0.4) is 0 Å². The Morgan fingerprint density at radius 1 is 1.35 bits per heavy atom. The van der Waals surface area contributed by atoms with Crippen molar-refractivity contribution in [1.29, 1.82) is 0 Å². The Kier molecular flexibility index (Phi) is 4.21. The lowest BCUT2D eigenvalue weighted by atomic mass is 9.81. The van der Waals surface area contributed by atoms with Gasteiger partial charge in [0.15, 0.2) is 0 Å². The van der Waals surface area contributed by atoms with Gasteiger partial charge in [0, 0.05) is 24.6 Å². The molecule has 1 aromatic rings. The first kappa shape index (κ1) is 15.7. The summed E-state index contributed by atoms with van der Waals surface area (Å²) in [6.45, 7) is 3.19. The van der Waals surface area contributed by atoms with Crippen LogP contribution >= 0.6 is 0 Å². The topological polar surface area (TPSA) is 90.4 Å². The van der Waals surface area contributed by atoms with Gasteiger partial charge in [-0.2, -0.15) is 0 Å². The second-order valence-electron chi connectivity index (χ2n) is 6.12. The van der Waals surface area contributed by atoms with E-state index in [2.05, 4.69) is 17.1 Å². The molecule has 1 N–H and O–H groups in total. The highest BCUT2D eigenvalue weighted by atomic mass is 16.6. The summed E-state index contributed by atoms with van der Waals surface area (Å²) in [6, 6.07) is 0. The zero-order chi connectivity index (χ0) is 16.6. The quantitative estimate of drug-likeness (QED) is 0.660. The molecule has 0 spiro atoms. The minimum Gasteiger partial charge on any atom is -0.463 e. The van der Waals surface area contributed by atoms with Gasteiger partial charge in [-0.15, -0.1) is 0 Å². The van der Waals surface area contributed by atoms with Crippen molar-refractivity contribution in [3.63, 3.8) is 0 Å². The molecule has 1 saturated heterocycles. The molecule has 1 aliphatic heterocycles. The summed E-state index contributed by atoms with van der Waals surface area (Å²) in [5.41, 5.74) is -0.410. The van der Waals surface area contributed by atoms with Gasteiger partial charge in [0.1, 0.15) is 12.8 Å². The zero-order valence-corrected chi connectivity index (χ0v) is 13.2. The number of H-pyrrole nitrogens is 1. The number of fused-ring (bicyclic) bond motifs is 1. The fraction of sp³-hybridized carbons (Fsp3) is 0.562. The molecule has 1 aromatic heterocycles. The van der Waals surface area contributed by atoms with E-state index in [9.17, 15) is 14.4 Å². The van der Waals surface area contributed by atoms with Crippen molar-refractivity contribution in [2.75, 3.05) is 6.61 Å². The summed E-state index contributed by atoms with van der Waals surface area (Å²) in [5.74, 6) is -0.0518. The molecule has 7 nitrogen and oxygen atoms in total. The Bertz CT molecular complexity index is 748. The van der Waals surface area contributed by atoms with E-state index in [0.717, 1.165) is 12.8 Å². The first-order valence-corrected chi connectivity index (χ1v) is 7.73. The highest BCUT2D eigenvalue weighted by Crippen LogP contribution is 2.45. The molecule has 0 radical (unpaired) electrons. The Hall–Kier alpha value is -2.15. The highest BCUT2D eigenvalue weighted by molar-refractivity contribution is 5.65. The predicted molar refractivity (Wildman–Crippen MR) is 82.0 cm³/mol. The average molecular weight is 320 g/mol. The van der Waals surface area contributed by atoms with E-state index in [1.165, 1.54) is 17.7 Å². The molecule has 4 atom stereocenters. The number of carbonyl (C=O) groups excluding carboxylic acids is 1. The van der Waals surface area contributed by atoms with Gasteiger partial charge < -0.3 is 9.47 Å². The number of nitrogens with one attached hydrogen (secondary N) is 1. The Balaban J connectivity index is 1.92. The van der Waals surface area contributed by atoms with Crippen molar-refractivity contribution in [3.8, 4) is 0 Å². The number of aromatic amines is 1. The van der Waals surface area contributed by atoms with Crippen LogP contribution in [0.25, 0.3) is 0 Å². The lowest BCUT2D eigenvalue weighted by Crippen LogP contribution is -2.35. The summed E-state index contributed by atoms with van der Waals surface area (Å²) in [6.07, 6.45) is 6.60. The smallest absolute Gasteiger partial charge is 0.330 e. The van der Waals surface area contributed by atoms with Crippen LogP contribution in [-0.2, 0) is 14.3 Å². The van der Waals surface area contributed by atoms with Crippen LogP contribution < -0.4 is 11.2 Å². The second-order valence-corrected chi connectivity index (χ2v) is 6.12. The normalized spacial score (nSPS) is 29.3. The Labute approximate surface area is 132 Å². The minimum atomic E-state index is -0.480. The van der Waals surface area contributed by atoms with Crippen molar-refractivity contribution in [3.05, 3.63) is 44.8 Å². The fourth-order valence-electron chi connectivity index (χ4n) is 3.40. The van der Waals surface area contributed by atoms with E-state index >= 15 is 0 Å². The zero-order valence-electron chi connectivity index (χ0n) is 13.2. The summed E-state index contributed by atoms with van der Waals surface area (Å²) >= 11 is 0. The van der Waals surface area contributed by atoms with E-state index in [1.54, 1.807) is 6.92 Å². The SMILES string of the molecule is CC(=O)OC[C@H]1O[C@@H](n2cc(C)c(=O)[nH]c2=O)[C@@H]2CC=CC[C@@H]21. The number of hydrogen-bond acceptors (Lipinski definition) is 5. The van der Waals surface area contributed by atoms with E-state index in [4.69, 9.17) is 9.47 Å². The molecule has 3 rings (SSSR count). The first-order chi connectivity index (χ1) is 11.0. The van der Waals surface area contributed by atoms with Gasteiger partial charge >= 0.3 is 11.7 Å². The molecule has 2 aliphatic rings. The number of aromatic nitrogens is 2. The molecule has 124 valence electrons. The second kappa shape index (κ2) is 6.16. The summed E-state index contributed by atoms with van der Waals surface area (Å²) in [7, 11) is 0. The molecule has 7 heteroatoms. The first-order valence-electron chi connectivity index (χ1n) is 7.73. The number of ether oxygens (including phenoxy) is 2. The fourth-order valence-corrected chi connectivity index (χ4v) is 3.40. The van der Waals surface area contributed by atoms with Crippen molar-refractivity contribution >= 4 is 5.97 Å². The molecule has 23 heavy (non-hydrogen) atoms. The van der Waals surface area contributed by atoms with Crippen molar-refractivity contribution in [2.24, 2.45) is 11.8 Å². The predicted octanol–water partition coefficient (Wildman–Crippen LogP) is 0.888. The van der Waals surface area contributed by atoms with E-state index in [0.29, 0.717) is 5.56 Å². The van der Waals surface area contributed by atoms with E-state index < -0.39 is 11.9 Å². The summed E-state index contributed by atoms with van der Waals surface area (Å²) < 4.78 is 12.6. The largest absolute Gasteiger partial charge is 0.463 e. The molecule has 2 heterocycles. The monoisotopic (exact) mass is 320 g/mol. The molecule has 0 aromatic carbocycles. The van der Waals surface area contributed by atoms with Gasteiger partial charge in [0.25, 0.3) is 5.56 Å². The van der Waals surface area contributed by atoms with Crippen LogP contribution in [0.1, 0.15) is 31.6 Å². The van der Waals surface area contributed by atoms with Crippen molar-refractivity contribution < 1.29 is 14.3 Å². The number of esters is 1. The van der Waals surface area contributed by atoms with Gasteiger partial charge in [0.05, 0.1) is 6.10 Å². The van der Waals surface area contributed by atoms with Crippen LogP contribution in [-0.4, -0.2) is 28.2 Å². The highest BCUT2D eigenvalue weighted by Gasteiger charge is 2.45. The van der Waals surface area contributed by atoms with Crippen LogP contribution in [0.2, 0.25) is 0 Å². The molecule has 0 saturated carbocycles. The number of carbonyl (C=O) groups is 1. The number of nitrogens with zero attached hydrogens (tertiary/aromatic N) is 1. The Morgan fingerprint density at radius 2 is 2.04 bits per heavy atom. The third kappa shape index (κ3) is 3.01. The minimum absolute atomic E-state index is 0.114. The van der Waals surface area contributed by atoms with Crippen LogP contribution in [0.15, 0.2) is 27.9 Å². The van der Waals surface area contributed by atoms with Gasteiger partial charge in [-0.25, -0.2) is 4.79 Å². The molecule has 0 amide bonds. The van der Waals surface area contributed by atoms with Crippen LogP contribution in [0.4, 0.5) is 0 Å². The number of rotatable bonds is 3. The number of aryl methyl sites for hydroxylation is 1. The molecule has 0 bridgehead atoms. The van der Waals surface area contributed by atoms with Gasteiger partial charge in [-0.3, -0.25) is 19.1 Å². The average Bonchev–Trinajstić information content (AvgIpc) is 2.88. The van der Waals surface area contributed by atoms with Gasteiger partial charge in [0.2, 0.25) is 0 Å². The molecule has 1 fully saturated rings. The molecular formula is C16H20N2O5. The standard InChI is InChI=1S/C16H20N2O5/c1-9-7-18(16(21)17-14(9)20)15-12-6-4-3-5-11(12)13(23-15)8-22-10(2)19/h3-4,7,11-13,15H,5-6,8H2,1-2H3,(H,17,20,21)/t11-,12+,13+,15+/m0/s1. The number of hydrogen-bond donors (Lipinski definition) is 1. The third-order valence-electron chi connectivity index (χ3n) is 4.56. The van der Waals surface area contributed by atoms with E-state index in [1.807, 2.05) is 0 Å². The van der Waals surface area contributed by atoms with Gasteiger partial charge in [-0.1, -0.05) is 12.2 Å². The lowest BCUT2D eigenvalue weighted by Gasteiger charge is -2.25. The van der Waals surface area contributed by atoms with E-state index in [-0.39, 0.29) is 36.1 Å². The third-order valence-corrected chi connectivity index (χ3v) is 4.56. The van der Waals surface area contributed by atoms with Crippen molar-refractivity contribution in [2.45, 2.75) is 39.0 Å².